The second kappa shape index (κ2) is 5.00. The Balaban J connectivity index is 1.72. The number of para-hydroxylation sites is 1. The molecule has 0 unspecified atom stereocenters. The van der Waals surface area contributed by atoms with E-state index in [1.165, 1.54) is 0 Å². The van der Waals surface area contributed by atoms with Crippen LogP contribution in [-0.4, -0.2) is 11.9 Å². The summed E-state index contributed by atoms with van der Waals surface area (Å²) in [5.41, 5.74) is 1.77. The van der Waals surface area contributed by atoms with Gasteiger partial charge in [0.25, 0.3) is 0 Å². The molecule has 0 bridgehead atoms. The molecule has 1 aromatic heterocycles. The fraction of sp³-hybridized carbons (Fsp3) is 0. The van der Waals surface area contributed by atoms with Gasteiger partial charge in [-0.15, -0.1) is 0 Å². The lowest BCUT2D eigenvalue weighted by molar-refractivity contribution is -0.129. The molecular formula is C18H11NO3. The fourth-order valence-electron chi connectivity index (χ4n) is 2.32. The van der Waals surface area contributed by atoms with Crippen molar-refractivity contribution in [1.82, 2.24) is 0 Å². The zero-order chi connectivity index (χ0) is 14.9. The van der Waals surface area contributed by atoms with Crippen molar-refractivity contribution >= 4 is 28.9 Å². The number of hydrogen-bond donors (Lipinski definition) is 0. The first kappa shape index (κ1) is 12.6. The van der Waals surface area contributed by atoms with E-state index in [1.54, 1.807) is 6.08 Å². The lowest BCUT2D eigenvalue weighted by Crippen LogP contribution is -2.04. The number of furan rings is 1. The molecule has 1 aliphatic heterocycles. The Hall–Kier alpha value is -3.14. The topological polar surface area (TPSA) is 51.8 Å². The summed E-state index contributed by atoms with van der Waals surface area (Å²) in [4.78, 5) is 16.2. The molecule has 4 nitrogen and oxygen atoms in total. The van der Waals surface area contributed by atoms with Crippen LogP contribution in [0, 0.1) is 0 Å². The number of benzene rings is 2. The van der Waals surface area contributed by atoms with E-state index in [0.29, 0.717) is 11.7 Å². The molecule has 4 rings (SSSR count). The molecule has 2 aromatic carbocycles. The van der Waals surface area contributed by atoms with E-state index in [-0.39, 0.29) is 5.70 Å². The molecule has 2 heterocycles. The number of rotatable bonds is 2. The Labute approximate surface area is 126 Å². The van der Waals surface area contributed by atoms with E-state index < -0.39 is 5.97 Å². The normalized spacial score (nSPS) is 16.1. The molecule has 106 valence electrons. The van der Waals surface area contributed by atoms with Crippen LogP contribution < -0.4 is 0 Å². The quantitative estimate of drug-likeness (QED) is 0.533. The van der Waals surface area contributed by atoms with E-state index in [9.17, 15) is 4.79 Å². The predicted octanol–water partition coefficient (Wildman–Crippen LogP) is 3.78. The summed E-state index contributed by atoms with van der Waals surface area (Å²) >= 11 is 0. The molecule has 22 heavy (non-hydrogen) atoms. The van der Waals surface area contributed by atoms with Crippen molar-refractivity contribution in [3.8, 4) is 0 Å². The first-order chi connectivity index (χ1) is 10.8. The standard InChI is InChI=1S/C18H11NO3/c20-18-15(19-17(22-18)12-6-2-1-3-7-12)11-14-10-13-8-4-5-9-16(13)21-14/h1-11H/b15-11+. The number of carbonyl (C=O) groups is 1. The van der Waals surface area contributed by atoms with Crippen LogP contribution in [-0.2, 0) is 9.53 Å². The van der Waals surface area contributed by atoms with E-state index >= 15 is 0 Å². The highest BCUT2D eigenvalue weighted by Crippen LogP contribution is 2.23. The van der Waals surface area contributed by atoms with Crippen LogP contribution >= 0.6 is 0 Å². The highest BCUT2D eigenvalue weighted by molar-refractivity contribution is 6.12. The van der Waals surface area contributed by atoms with Gasteiger partial charge in [-0.3, -0.25) is 0 Å². The van der Waals surface area contributed by atoms with Crippen molar-refractivity contribution in [1.29, 1.82) is 0 Å². The van der Waals surface area contributed by atoms with Crippen molar-refractivity contribution in [2.75, 3.05) is 0 Å². The van der Waals surface area contributed by atoms with Gasteiger partial charge >= 0.3 is 5.97 Å². The van der Waals surface area contributed by atoms with Gasteiger partial charge < -0.3 is 9.15 Å². The number of ether oxygens (including phenoxy) is 1. The third-order valence-electron chi connectivity index (χ3n) is 3.36. The molecule has 0 fully saturated rings. The molecule has 0 amide bonds. The third kappa shape index (κ3) is 2.20. The van der Waals surface area contributed by atoms with Crippen LogP contribution in [0.2, 0.25) is 0 Å². The summed E-state index contributed by atoms with van der Waals surface area (Å²) in [5, 5.41) is 0.980. The van der Waals surface area contributed by atoms with Gasteiger partial charge in [-0.1, -0.05) is 36.4 Å². The maximum Gasteiger partial charge on any atom is 0.363 e. The van der Waals surface area contributed by atoms with Crippen LogP contribution in [0.3, 0.4) is 0 Å². The molecule has 3 aromatic rings. The van der Waals surface area contributed by atoms with Gasteiger partial charge in [0.15, 0.2) is 5.70 Å². The minimum absolute atomic E-state index is 0.234. The molecular weight excluding hydrogens is 278 g/mol. The number of fused-ring (bicyclic) bond motifs is 1. The summed E-state index contributed by atoms with van der Waals surface area (Å²) in [6.07, 6.45) is 1.60. The highest BCUT2D eigenvalue weighted by atomic mass is 16.6. The molecule has 4 heteroatoms. The van der Waals surface area contributed by atoms with Gasteiger partial charge in [0, 0.05) is 17.0 Å². The van der Waals surface area contributed by atoms with Crippen molar-refractivity contribution in [3.63, 3.8) is 0 Å². The van der Waals surface area contributed by atoms with Crippen molar-refractivity contribution in [2.24, 2.45) is 4.99 Å². The molecule has 0 atom stereocenters. The zero-order valence-electron chi connectivity index (χ0n) is 11.5. The van der Waals surface area contributed by atoms with Crippen LogP contribution in [0.1, 0.15) is 11.3 Å². The van der Waals surface area contributed by atoms with E-state index in [2.05, 4.69) is 4.99 Å². The van der Waals surface area contributed by atoms with Crippen LogP contribution in [0.15, 0.2) is 75.8 Å². The summed E-state index contributed by atoms with van der Waals surface area (Å²) in [5.74, 6) is 0.415. The van der Waals surface area contributed by atoms with E-state index in [0.717, 1.165) is 16.5 Å². The third-order valence-corrected chi connectivity index (χ3v) is 3.36. The molecule has 0 spiro atoms. The minimum Gasteiger partial charge on any atom is -0.457 e. The van der Waals surface area contributed by atoms with Crippen LogP contribution in [0.4, 0.5) is 0 Å². The van der Waals surface area contributed by atoms with Gasteiger partial charge in [0.1, 0.15) is 11.3 Å². The van der Waals surface area contributed by atoms with Gasteiger partial charge in [-0.25, -0.2) is 9.79 Å². The Morgan fingerprint density at radius 1 is 0.955 bits per heavy atom. The van der Waals surface area contributed by atoms with Crippen LogP contribution in [0.25, 0.3) is 17.0 Å². The average Bonchev–Trinajstić information content (AvgIpc) is 3.12. The number of nitrogens with zero attached hydrogens (tertiary/aromatic N) is 1. The lowest BCUT2D eigenvalue weighted by Gasteiger charge is -1.97. The average molecular weight is 289 g/mol. The van der Waals surface area contributed by atoms with Gasteiger partial charge in [-0.2, -0.15) is 0 Å². The largest absolute Gasteiger partial charge is 0.457 e. The summed E-state index contributed by atoms with van der Waals surface area (Å²) in [7, 11) is 0. The minimum atomic E-state index is -0.473. The summed E-state index contributed by atoms with van der Waals surface area (Å²) in [6, 6.07) is 18.8. The number of hydrogen-bond acceptors (Lipinski definition) is 4. The fourth-order valence-corrected chi connectivity index (χ4v) is 2.32. The molecule has 0 radical (unpaired) electrons. The lowest BCUT2D eigenvalue weighted by atomic mass is 10.2. The molecule has 0 N–H and O–H groups in total. The monoisotopic (exact) mass is 289 g/mol. The maximum atomic E-state index is 11.9. The Morgan fingerprint density at radius 3 is 2.55 bits per heavy atom. The second-order valence-corrected chi connectivity index (χ2v) is 4.89. The van der Waals surface area contributed by atoms with Crippen molar-refractivity contribution in [3.05, 3.63) is 77.7 Å². The smallest absolute Gasteiger partial charge is 0.363 e. The first-order valence-electron chi connectivity index (χ1n) is 6.86. The SMILES string of the molecule is O=C1OC(c2ccccc2)=N/C1=C/c1cc2ccccc2o1. The van der Waals surface area contributed by atoms with Crippen LogP contribution in [0.5, 0.6) is 0 Å². The molecule has 1 aliphatic rings. The number of esters is 1. The number of cyclic esters (lactones) is 1. The molecule has 0 saturated heterocycles. The van der Waals surface area contributed by atoms with Gasteiger partial charge in [-0.05, 0) is 24.3 Å². The van der Waals surface area contributed by atoms with Gasteiger partial charge in [0.05, 0.1) is 0 Å². The van der Waals surface area contributed by atoms with Gasteiger partial charge in [0.2, 0.25) is 5.90 Å². The van der Waals surface area contributed by atoms with E-state index in [4.69, 9.17) is 9.15 Å². The summed E-state index contributed by atoms with van der Waals surface area (Å²) in [6.45, 7) is 0. The first-order valence-corrected chi connectivity index (χ1v) is 6.86. The maximum absolute atomic E-state index is 11.9. The predicted molar refractivity (Wildman–Crippen MR) is 83.3 cm³/mol. The Morgan fingerprint density at radius 2 is 1.73 bits per heavy atom. The molecule has 0 aliphatic carbocycles. The zero-order valence-corrected chi connectivity index (χ0v) is 11.5. The highest BCUT2D eigenvalue weighted by Gasteiger charge is 2.24. The van der Waals surface area contributed by atoms with Crippen molar-refractivity contribution < 1.29 is 13.9 Å². The second-order valence-electron chi connectivity index (χ2n) is 4.89. The summed E-state index contributed by atoms with van der Waals surface area (Å²) < 4.78 is 10.9. The Bertz CT molecular complexity index is 887. The number of carbonyl (C=O) groups excluding carboxylic acids is 1. The molecule has 0 saturated carbocycles. The number of aliphatic imine (C=N–C) groups is 1. The van der Waals surface area contributed by atoms with E-state index in [1.807, 2.05) is 60.7 Å². The van der Waals surface area contributed by atoms with Crippen molar-refractivity contribution in [2.45, 2.75) is 0 Å². The Kier molecular flexibility index (Phi) is 2.86.